The first-order valence-electron chi connectivity index (χ1n) is 11.7. The Hall–Kier alpha value is -4.17. The number of carbonyl (C=O) groups excluding carboxylic acids is 1. The Balaban J connectivity index is 1.45. The number of amides is 1. The van der Waals surface area contributed by atoms with Gasteiger partial charge in [-0.3, -0.25) is 4.79 Å². The fourth-order valence-corrected chi connectivity index (χ4v) is 5.68. The molecule has 0 bridgehead atoms. The summed E-state index contributed by atoms with van der Waals surface area (Å²) in [7, 11) is 1.63. The summed E-state index contributed by atoms with van der Waals surface area (Å²) in [5, 5.41) is 8.58. The number of para-hydroxylation sites is 2. The van der Waals surface area contributed by atoms with Crippen molar-refractivity contribution in [3.8, 4) is 16.6 Å². The first-order valence-corrected chi connectivity index (χ1v) is 12.5. The third-order valence-electron chi connectivity index (χ3n) is 6.40. The second-order valence-electron chi connectivity index (χ2n) is 8.68. The molecule has 0 radical (unpaired) electrons. The van der Waals surface area contributed by atoms with E-state index >= 15 is 0 Å². The summed E-state index contributed by atoms with van der Waals surface area (Å²) in [4.78, 5) is 17.7. The second kappa shape index (κ2) is 9.13. The van der Waals surface area contributed by atoms with Crippen LogP contribution in [0.25, 0.3) is 15.3 Å². The Bertz CT molecular complexity index is 1540. The number of aryl methyl sites for hydroxylation is 1. The van der Waals surface area contributed by atoms with E-state index < -0.39 is 0 Å². The average Bonchev–Trinajstić information content (AvgIpc) is 3.48. The van der Waals surface area contributed by atoms with Gasteiger partial charge in [0.1, 0.15) is 12.4 Å². The van der Waals surface area contributed by atoms with Gasteiger partial charge in [0.2, 0.25) is 11.0 Å². The number of ether oxygens (including phenoxy) is 2. The molecule has 1 aliphatic heterocycles. The molecule has 1 amide bonds. The number of hydrogen-bond donors (Lipinski definition) is 1. The zero-order valence-corrected chi connectivity index (χ0v) is 20.7. The lowest BCUT2D eigenvalue weighted by molar-refractivity contribution is -0.116. The van der Waals surface area contributed by atoms with Crippen LogP contribution < -0.4 is 14.8 Å². The summed E-state index contributed by atoms with van der Waals surface area (Å²) in [5.74, 6) is 1.61. The van der Waals surface area contributed by atoms with Crippen LogP contribution in [0.4, 0.5) is 5.82 Å². The molecule has 180 valence electrons. The highest BCUT2D eigenvalue weighted by Gasteiger charge is 2.35. The van der Waals surface area contributed by atoms with Gasteiger partial charge in [0.25, 0.3) is 0 Å². The van der Waals surface area contributed by atoms with Gasteiger partial charge in [-0.15, -0.1) is 0 Å². The zero-order chi connectivity index (χ0) is 24.6. The van der Waals surface area contributed by atoms with E-state index in [-0.39, 0.29) is 18.2 Å². The molecule has 0 aliphatic carbocycles. The Labute approximate surface area is 212 Å². The lowest BCUT2D eigenvalue weighted by Gasteiger charge is -2.26. The molecule has 36 heavy (non-hydrogen) atoms. The second-order valence-corrected chi connectivity index (χ2v) is 9.69. The van der Waals surface area contributed by atoms with Gasteiger partial charge >= 0.3 is 0 Å². The van der Waals surface area contributed by atoms with Gasteiger partial charge in [0, 0.05) is 23.5 Å². The number of nitrogens with zero attached hydrogens (tertiary/aromatic N) is 3. The number of carbonyl (C=O) groups is 1. The van der Waals surface area contributed by atoms with Crippen LogP contribution in [-0.4, -0.2) is 27.8 Å². The summed E-state index contributed by atoms with van der Waals surface area (Å²) < 4.78 is 14.8. The number of nitrogens with one attached hydrogen (secondary N) is 1. The molecule has 1 N–H and O–H groups in total. The van der Waals surface area contributed by atoms with Gasteiger partial charge in [0.15, 0.2) is 11.5 Å². The largest absolute Gasteiger partial charge is 0.493 e. The first kappa shape index (κ1) is 22.3. The summed E-state index contributed by atoms with van der Waals surface area (Å²) >= 11 is 1.54. The predicted molar refractivity (Wildman–Crippen MR) is 140 cm³/mol. The number of methoxy groups -OCH3 is 1. The number of aromatic nitrogens is 3. The fraction of sp³-hybridized carbons (Fsp3) is 0.179. The van der Waals surface area contributed by atoms with Crippen molar-refractivity contribution in [1.29, 1.82) is 0 Å². The third kappa shape index (κ3) is 3.89. The molecule has 3 heterocycles. The summed E-state index contributed by atoms with van der Waals surface area (Å²) in [6.07, 6.45) is 0.286. The van der Waals surface area contributed by atoms with Gasteiger partial charge in [-0.05, 0) is 30.7 Å². The Morgan fingerprint density at radius 1 is 1.06 bits per heavy atom. The Kier molecular flexibility index (Phi) is 5.65. The lowest BCUT2D eigenvalue weighted by Crippen LogP contribution is -2.25. The minimum absolute atomic E-state index is 0.0772. The molecule has 8 heteroatoms. The number of thiazole rings is 1. The molecular formula is C28H24N4O3S. The molecule has 7 nitrogen and oxygen atoms in total. The van der Waals surface area contributed by atoms with Gasteiger partial charge in [-0.1, -0.05) is 65.9 Å². The maximum Gasteiger partial charge on any atom is 0.226 e. The molecule has 2 aromatic heterocycles. The van der Waals surface area contributed by atoms with E-state index in [4.69, 9.17) is 19.6 Å². The van der Waals surface area contributed by atoms with Crippen LogP contribution in [-0.2, 0) is 11.4 Å². The van der Waals surface area contributed by atoms with Crippen molar-refractivity contribution in [2.45, 2.75) is 25.9 Å². The highest BCUT2D eigenvalue weighted by Crippen LogP contribution is 2.46. The van der Waals surface area contributed by atoms with E-state index in [0.29, 0.717) is 29.1 Å². The maximum atomic E-state index is 13.0. The minimum atomic E-state index is -0.238. The summed E-state index contributed by atoms with van der Waals surface area (Å²) in [6.45, 7) is 2.36. The van der Waals surface area contributed by atoms with Crippen molar-refractivity contribution in [1.82, 2.24) is 14.8 Å². The van der Waals surface area contributed by atoms with E-state index in [9.17, 15) is 4.79 Å². The minimum Gasteiger partial charge on any atom is -0.493 e. The normalized spacial score (nSPS) is 14.9. The highest BCUT2D eigenvalue weighted by atomic mass is 32.1. The average molecular weight is 497 g/mol. The SMILES string of the molecule is COc1cccc([C@@H]2CC(=O)Nc3c2c(C)nn3-c2nc3ccccc3s2)c1OCc1ccccc1. The first-order chi connectivity index (χ1) is 17.6. The van der Waals surface area contributed by atoms with Gasteiger partial charge in [-0.25, -0.2) is 4.98 Å². The van der Waals surface area contributed by atoms with Crippen molar-refractivity contribution in [3.63, 3.8) is 0 Å². The highest BCUT2D eigenvalue weighted by molar-refractivity contribution is 7.20. The van der Waals surface area contributed by atoms with Crippen LogP contribution in [0.15, 0.2) is 72.8 Å². The van der Waals surface area contributed by atoms with Gasteiger partial charge in [-0.2, -0.15) is 9.78 Å². The molecule has 0 unspecified atom stereocenters. The van der Waals surface area contributed by atoms with E-state index in [1.165, 1.54) is 0 Å². The van der Waals surface area contributed by atoms with Crippen molar-refractivity contribution in [2.24, 2.45) is 0 Å². The molecule has 0 saturated carbocycles. The predicted octanol–water partition coefficient (Wildman–Crippen LogP) is 5.85. The molecule has 1 atom stereocenters. The number of rotatable bonds is 6. The lowest BCUT2D eigenvalue weighted by atomic mass is 9.85. The number of hydrogen-bond acceptors (Lipinski definition) is 6. The Morgan fingerprint density at radius 2 is 1.86 bits per heavy atom. The van der Waals surface area contributed by atoms with Crippen molar-refractivity contribution in [2.75, 3.05) is 12.4 Å². The van der Waals surface area contributed by atoms with Gasteiger partial charge < -0.3 is 14.8 Å². The van der Waals surface area contributed by atoms with Crippen LogP contribution in [0.5, 0.6) is 11.5 Å². The van der Waals surface area contributed by atoms with E-state index in [1.807, 2.05) is 79.7 Å². The maximum absolute atomic E-state index is 13.0. The topological polar surface area (TPSA) is 78.3 Å². The van der Waals surface area contributed by atoms with Crippen LogP contribution in [0.1, 0.15) is 34.7 Å². The quantitative estimate of drug-likeness (QED) is 0.319. The number of anilines is 1. The van der Waals surface area contributed by atoms with Crippen molar-refractivity contribution in [3.05, 3.63) is 95.2 Å². The molecule has 0 spiro atoms. The standard InChI is InChI=1S/C28H24N4O3S/c1-17-25-20(19-11-8-13-22(34-2)26(19)35-16-18-9-4-3-5-10-18)15-24(33)30-27(25)32(31-17)28-29-21-12-6-7-14-23(21)36-28/h3-14,20H,15-16H2,1-2H3,(H,30,33)/t20-/m0/s1. The smallest absolute Gasteiger partial charge is 0.226 e. The Morgan fingerprint density at radius 3 is 2.67 bits per heavy atom. The monoisotopic (exact) mass is 496 g/mol. The fourth-order valence-electron chi connectivity index (χ4n) is 4.75. The van der Waals surface area contributed by atoms with E-state index in [1.54, 1.807) is 23.1 Å². The van der Waals surface area contributed by atoms with Crippen molar-refractivity contribution < 1.29 is 14.3 Å². The summed E-state index contributed by atoms with van der Waals surface area (Å²) in [6, 6.07) is 23.8. The van der Waals surface area contributed by atoms with E-state index in [2.05, 4.69) is 5.32 Å². The molecule has 0 fully saturated rings. The molecule has 5 aromatic rings. The summed E-state index contributed by atoms with van der Waals surface area (Å²) in [5.41, 5.74) is 4.66. The van der Waals surface area contributed by atoms with Crippen LogP contribution in [0.2, 0.25) is 0 Å². The van der Waals surface area contributed by atoms with Crippen LogP contribution in [0.3, 0.4) is 0 Å². The molecule has 3 aromatic carbocycles. The molecule has 1 aliphatic rings. The number of benzene rings is 3. The molecule has 6 rings (SSSR count). The molecule has 0 saturated heterocycles. The van der Waals surface area contributed by atoms with Gasteiger partial charge in [0.05, 0.1) is 23.0 Å². The third-order valence-corrected chi connectivity index (χ3v) is 7.41. The van der Waals surface area contributed by atoms with E-state index in [0.717, 1.165) is 32.6 Å². The number of fused-ring (bicyclic) bond motifs is 2. The van der Waals surface area contributed by atoms with Crippen molar-refractivity contribution >= 4 is 33.3 Å². The zero-order valence-electron chi connectivity index (χ0n) is 19.9. The van der Waals surface area contributed by atoms with Crippen LogP contribution in [0, 0.1) is 6.92 Å². The van der Waals surface area contributed by atoms with Crippen LogP contribution >= 0.6 is 11.3 Å². The molecular weight excluding hydrogens is 472 g/mol.